The summed E-state index contributed by atoms with van der Waals surface area (Å²) in [5.41, 5.74) is 6.93. The summed E-state index contributed by atoms with van der Waals surface area (Å²) in [6, 6.07) is 21.2. The molecule has 0 saturated heterocycles. The van der Waals surface area contributed by atoms with Crippen molar-refractivity contribution >= 4 is 28.8 Å². The summed E-state index contributed by atoms with van der Waals surface area (Å²) in [6.07, 6.45) is 3.70. The molecule has 0 bridgehead atoms. The molecule has 0 aromatic heterocycles. The maximum absolute atomic E-state index is 11.4. The van der Waals surface area contributed by atoms with E-state index in [9.17, 15) is 20.2 Å². The molecular formula is C23H18N4O4. The molecule has 0 amide bonds. The lowest BCUT2D eigenvalue weighted by molar-refractivity contribution is -0.393. The number of nitrogens with zero attached hydrogens (tertiary/aromatic N) is 3. The first kappa shape index (κ1) is 20.0. The second-order valence-electron chi connectivity index (χ2n) is 7.03. The molecule has 0 radical (unpaired) electrons. The van der Waals surface area contributed by atoms with Gasteiger partial charge in [0.25, 0.3) is 5.69 Å². The summed E-state index contributed by atoms with van der Waals surface area (Å²) in [6.45, 7) is 0. The van der Waals surface area contributed by atoms with Gasteiger partial charge in [0.2, 0.25) is 0 Å². The molecule has 8 nitrogen and oxygen atoms in total. The summed E-state index contributed by atoms with van der Waals surface area (Å²) in [5, 5.41) is 26.9. The van der Waals surface area contributed by atoms with Crippen molar-refractivity contribution in [2.45, 2.75) is 12.8 Å². The van der Waals surface area contributed by atoms with Crippen LogP contribution in [0.1, 0.15) is 23.1 Å². The molecule has 3 aromatic rings. The molecular weight excluding hydrogens is 396 g/mol. The molecule has 0 unspecified atom stereocenters. The smallest absolute Gasteiger partial charge is 0.271 e. The lowest BCUT2D eigenvalue weighted by Crippen LogP contribution is -2.17. The zero-order valence-electron chi connectivity index (χ0n) is 16.4. The number of nitro groups is 2. The van der Waals surface area contributed by atoms with Crippen LogP contribution in [0.2, 0.25) is 0 Å². The van der Waals surface area contributed by atoms with E-state index in [4.69, 9.17) is 0 Å². The first-order valence-electron chi connectivity index (χ1n) is 9.64. The molecule has 0 saturated carbocycles. The number of fused-ring (bicyclic) bond motifs is 1. The Morgan fingerprint density at radius 1 is 0.871 bits per heavy atom. The maximum atomic E-state index is 11.4. The van der Waals surface area contributed by atoms with Crippen LogP contribution in [0.5, 0.6) is 0 Å². The van der Waals surface area contributed by atoms with E-state index < -0.39 is 15.5 Å². The predicted molar refractivity (Wildman–Crippen MR) is 119 cm³/mol. The van der Waals surface area contributed by atoms with Crippen molar-refractivity contribution in [3.05, 3.63) is 115 Å². The van der Waals surface area contributed by atoms with Crippen molar-refractivity contribution in [3.63, 3.8) is 0 Å². The van der Waals surface area contributed by atoms with Gasteiger partial charge in [-0.3, -0.25) is 25.7 Å². The Morgan fingerprint density at radius 3 is 2.35 bits per heavy atom. The third kappa shape index (κ3) is 4.32. The van der Waals surface area contributed by atoms with Crippen LogP contribution in [0.15, 0.2) is 83.5 Å². The highest BCUT2D eigenvalue weighted by Crippen LogP contribution is 2.31. The number of hydrazone groups is 1. The molecule has 3 aromatic carbocycles. The minimum Gasteiger partial charge on any atom is -0.271 e. The van der Waals surface area contributed by atoms with Gasteiger partial charge in [-0.15, -0.1) is 0 Å². The second kappa shape index (κ2) is 8.58. The number of hydrogen-bond acceptors (Lipinski definition) is 6. The van der Waals surface area contributed by atoms with Gasteiger partial charge in [-0.05, 0) is 41.7 Å². The van der Waals surface area contributed by atoms with Crippen LogP contribution in [0.25, 0.3) is 6.08 Å². The zero-order chi connectivity index (χ0) is 21.8. The summed E-state index contributed by atoms with van der Waals surface area (Å²) in [5.74, 6) is 0. The lowest BCUT2D eigenvalue weighted by Gasteiger charge is -2.21. The fraction of sp³-hybridized carbons (Fsp3) is 0.0870. The van der Waals surface area contributed by atoms with Gasteiger partial charge in [0.15, 0.2) is 0 Å². The van der Waals surface area contributed by atoms with Crippen LogP contribution in [0.3, 0.4) is 0 Å². The largest absolute Gasteiger partial charge is 0.301 e. The quantitative estimate of drug-likeness (QED) is 0.447. The lowest BCUT2D eigenvalue weighted by atomic mass is 9.85. The average molecular weight is 414 g/mol. The van der Waals surface area contributed by atoms with Crippen LogP contribution < -0.4 is 5.43 Å². The molecule has 1 aliphatic carbocycles. The molecule has 0 atom stereocenters. The Balaban J connectivity index is 1.77. The molecule has 0 spiro atoms. The van der Waals surface area contributed by atoms with E-state index in [-0.39, 0.29) is 11.4 Å². The first-order chi connectivity index (χ1) is 15.0. The van der Waals surface area contributed by atoms with E-state index in [1.165, 1.54) is 12.1 Å². The first-order valence-corrected chi connectivity index (χ1v) is 9.64. The van der Waals surface area contributed by atoms with Crippen molar-refractivity contribution in [1.29, 1.82) is 0 Å². The molecule has 0 fully saturated rings. The molecule has 0 heterocycles. The normalized spacial score (nSPS) is 15.5. The highest BCUT2D eigenvalue weighted by molar-refractivity contribution is 6.17. The van der Waals surface area contributed by atoms with Gasteiger partial charge in [0.05, 0.1) is 21.6 Å². The summed E-state index contributed by atoms with van der Waals surface area (Å²) < 4.78 is 0. The van der Waals surface area contributed by atoms with Gasteiger partial charge >= 0.3 is 5.69 Å². The van der Waals surface area contributed by atoms with Crippen LogP contribution in [-0.2, 0) is 6.42 Å². The topological polar surface area (TPSA) is 111 Å². The molecule has 154 valence electrons. The van der Waals surface area contributed by atoms with Gasteiger partial charge in [-0.2, -0.15) is 5.10 Å². The SMILES string of the molecule is O=[N+]([O-])c1ccc(N/N=C2/C(=C/c3ccccc3)CCc3ccccc32)c([N+](=O)[O-])c1. The third-order valence-corrected chi connectivity index (χ3v) is 5.06. The molecule has 4 rings (SSSR count). The van der Waals surface area contributed by atoms with Crippen LogP contribution in [0.4, 0.5) is 17.1 Å². The zero-order valence-corrected chi connectivity index (χ0v) is 16.4. The van der Waals surface area contributed by atoms with Crippen molar-refractivity contribution in [2.24, 2.45) is 5.10 Å². The van der Waals surface area contributed by atoms with Gasteiger partial charge in [0.1, 0.15) is 5.69 Å². The van der Waals surface area contributed by atoms with E-state index in [2.05, 4.69) is 16.6 Å². The Hall–Kier alpha value is -4.33. The number of nitrogens with one attached hydrogen (secondary N) is 1. The molecule has 8 heteroatoms. The third-order valence-electron chi connectivity index (χ3n) is 5.06. The second-order valence-corrected chi connectivity index (χ2v) is 7.03. The number of benzene rings is 3. The Morgan fingerprint density at radius 2 is 1.61 bits per heavy atom. The highest BCUT2D eigenvalue weighted by Gasteiger charge is 2.22. The molecule has 31 heavy (non-hydrogen) atoms. The van der Waals surface area contributed by atoms with E-state index in [0.29, 0.717) is 5.71 Å². The number of anilines is 1. The number of nitro benzene ring substituents is 2. The Kier molecular flexibility index (Phi) is 5.53. The predicted octanol–water partition coefficient (Wildman–Crippen LogP) is 5.35. The summed E-state index contributed by atoms with van der Waals surface area (Å²) in [7, 11) is 0. The van der Waals surface area contributed by atoms with Crippen LogP contribution in [0, 0.1) is 20.2 Å². The minimum absolute atomic E-state index is 0.0882. The number of hydrogen-bond donors (Lipinski definition) is 1. The summed E-state index contributed by atoms with van der Waals surface area (Å²) >= 11 is 0. The summed E-state index contributed by atoms with van der Waals surface area (Å²) in [4.78, 5) is 21.1. The maximum Gasteiger partial charge on any atom is 0.301 e. The number of non-ortho nitro benzene ring substituents is 1. The molecule has 1 N–H and O–H groups in total. The number of rotatable bonds is 5. The van der Waals surface area contributed by atoms with E-state index >= 15 is 0 Å². The van der Waals surface area contributed by atoms with Gasteiger partial charge < -0.3 is 0 Å². The molecule has 1 aliphatic rings. The Labute approximate surface area is 177 Å². The minimum atomic E-state index is -0.666. The van der Waals surface area contributed by atoms with Crippen LogP contribution >= 0.6 is 0 Å². The monoisotopic (exact) mass is 414 g/mol. The number of allylic oxidation sites excluding steroid dienone is 1. The fourth-order valence-corrected chi connectivity index (χ4v) is 3.55. The van der Waals surface area contributed by atoms with E-state index in [1.54, 1.807) is 0 Å². The van der Waals surface area contributed by atoms with Gasteiger partial charge in [-0.1, -0.05) is 54.6 Å². The number of aryl methyl sites for hydroxylation is 1. The van der Waals surface area contributed by atoms with E-state index in [1.807, 2.05) is 54.6 Å². The van der Waals surface area contributed by atoms with Crippen molar-refractivity contribution in [1.82, 2.24) is 0 Å². The van der Waals surface area contributed by atoms with E-state index in [0.717, 1.165) is 41.2 Å². The van der Waals surface area contributed by atoms with Gasteiger partial charge in [0, 0.05) is 11.6 Å². The Bertz CT molecular complexity index is 1220. The average Bonchev–Trinajstić information content (AvgIpc) is 2.78. The van der Waals surface area contributed by atoms with Crippen LogP contribution in [-0.4, -0.2) is 15.6 Å². The van der Waals surface area contributed by atoms with Crippen molar-refractivity contribution in [2.75, 3.05) is 5.43 Å². The van der Waals surface area contributed by atoms with Crippen molar-refractivity contribution < 1.29 is 9.85 Å². The van der Waals surface area contributed by atoms with Crippen molar-refractivity contribution in [3.8, 4) is 0 Å². The molecule has 0 aliphatic heterocycles. The highest BCUT2D eigenvalue weighted by atomic mass is 16.6. The van der Waals surface area contributed by atoms with Gasteiger partial charge in [-0.25, -0.2) is 0 Å². The fourth-order valence-electron chi connectivity index (χ4n) is 3.55. The standard InChI is InChI=1S/C23H18N4O4/c28-26(29)19-12-13-21(22(15-19)27(30)31)24-25-23-18(14-16-6-2-1-3-7-16)11-10-17-8-4-5-9-20(17)23/h1-9,12-15,24H,10-11H2/b18-14+,25-23-.